The van der Waals surface area contributed by atoms with Crippen molar-refractivity contribution in [2.45, 2.75) is 12.3 Å². The van der Waals surface area contributed by atoms with Gasteiger partial charge in [-0.3, -0.25) is 9.59 Å². The van der Waals surface area contributed by atoms with E-state index < -0.39 is 11.8 Å². The van der Waals surface area contributed by atoms with Gasteiger partial charge < -0.3 is 19.4 Å². The number of carbonyl (C=O) groups excluding carboxylic acids is 2. The molecule has 3 aromatic rings. The quantitative estimate of drug-likeness (QED) is 0.683. The molecule has 4 rings (SSSR count). The number of halogens is 1. The molecular formula is C21H18FN3O4. The molecule has 0 aliphatic carbocycles. The Balaban J connectivity index is 1.32. The number of rotatable bonds is 4. The summed E-state index contributed by atoms with van der Waals surface area (Å²) < 4.78 is 23.8. The molecule has 8 heteroatoms. The van der Waals surface area contributed by atoms with Crippen molar-refractivity contribution in [3.63, 3.8) is 0 Å². The first-order valence-electron chi connectivity index (χ1n) is 9.11. The minimum absolute atomic E-state index is 0.103. The highest BCUT2D eigenvalue weighted by atomic mass is 19.1. The van der Waals surface area contributed by atoms with Crippen LogP contribution in [0.15, 0.2) is 65.4 Å². The molecule has 1 atom stereocenters. The van der Waals surface area contributed by atoms with Gasteiger partial charge in [-0.15, -0.1) is 0 Å². The number of hydrogen-bond acceptors (Lipinski definition) is 5. The summed E-state index contributed by atoms with van der Waals surface area (Å²) in [4.78, 5) is 30.3. The molecule has 1 unspecified atom stereocenters. The van der Waals surface area contributed by atoms with Crippen molar-refractivity contribution in [2.75, 3.05) is 18.4 Å². The van der Waals surface area contributed by atoms with Crippen LogP contribution in [0.5, 0.6) is 11.6 Å². The van der Waals surface area contributed by atoms with Gasteiger partial charge >= 0.3 is 11.8 Å². The van der Waals surface area contributed by atoms with Gasteiger partial charge in [0.25, 0.3) is 0 Å². The number of amides is 2. The lowest BCUT2D eigenvalue weighted by Crippen LogP contribution is -2.38. The van der Waals surface area contributed by atoms with E-state index in [0.29, 0.717) is 24.5 Å². The Kier molecular flexibility index (Phi) is 5.24. The molecule has 3 heterocycles. The maximum Gasteiger partial charge on any atom is 0.313 e. The van der Waals surface area contributed by atoms with Gasteiger partial charge in [0, 0.05) is 25.1 Å². The summed E-state index contributed by atoms with van der Waals surface area (Å²) in [5.74, 6) is -0.0351. The van der Waals surface area contributed by atoms with E-state index in [9.17, 15) is 14.0 Å². The second-order valence-electron chi connectivity index (χ2n) is 6.65. The Labute approximate surface area is 166 Å². The molecular weight excluding hydrogens is 377 g/mol. The van der Waals surface area contributed by atoms with Crippen LogP contribution in [0.2, 0.25) is 0 Å². The van der Waals surface area contributed by atoms with Crippen LogP contribution >= 0.6 is 0 Å². The van der Waals surface area contributed by atoms with E-state index in [1.54, 1.807) is 18.4 Å². The number of nitrogens with zero attached hydrogens (tertiary/aromatic N) is 2. The fourth-order valence-corrected chi connectivity index (χ4v) is 3.17. The van der Waals surface area contributed by atoms with E-state index in [4.69, 9.17) is 9.15 Å². The predicted octanol–water partition coefficient (Wildman–Crippen LogP) is 3.56. The largest absolute Gasteiger partial charge is 0.469 e. The Morgan fingerprint density at radius 1 is 1.17 bits per heavy atom. The third-order valence-corrected chi connectivity index (χ3v) is 4.65. The second kappa shape index (κ2) is 8.14. The molecule has 2 amide bonds. The van der Waals surface area contributed by atoms with Crippen molar-refractivity contribution in [3.8, 4) is 11.6 Å². The predicted molar refractivity (Wildman–Crippen MR) is 102 cm³/mol. The van der Waals surface area contributed by atoms with Gasteiger partial charge in [0.15, 0.2) is 0 Å². The molecule has 1 aliphatic heterocycles. The third-order valence-electron chi connectivity index (χ3n) is 4.65. The molecule has 7 nitrogen and oxygen atoms in total. The zero-order chi connectivity index (χ0) is 20.2. The van der Waals surface area contributed by atoms with E-state index in [0.717, 1.165) is 12.2 Å². The number of ether oxygens (including phenoxy) is 1. The van der Waals surface area contributed by atoms with Gasteiger partial charge in [-0.25, -0.2) is 9.37 Å². The summed E-state index contributed by atoms with van der Waals surface area (Å²) in [7, 11) is 0. The van der Waals surface area contributed by atoms with Gasteiger partial charge in [-0.1, -0.05) is 0 Å². The highest BCUT2D eigenvalue weighted by Gasteiger charge is 2.32. The number of anilines is 1. The minimum Gasteiger partial charge on any atom is -0.469 e. The number of nitrogens with one attached hydrogen (secondary N) is 1. The Hall–Kier alpha value is -3.68. The van der Waals surface area contributed by atoms with Gasteiger partial charge in [-0.05, 0) is 48.9 Å². The third kappa shape index (κ3) is 4.43. The summed E-state index contributed by atoms with van der Waals surface area (Å²) >= 11 is 0. The first kappa shape index (κ1) is 18.7. The number of benzene rings is 1. The van der Waals surface area contributed by atoms with E-state index in [1.165, 1.54) is 35.4 Å². The molecule has 29 heavy (non-hydrogen) atoms. The fraction of sp³-hybridized carbons (Fsp3) is 0.190. The van der Waals surface area contributed by atoms with Crippen LogP contribution in [-0.2, 0) is 9.59 Å². The number of furan rings is 1. The molecule has 0 spiro atoms. The zero-order valence-electron chi connectivity index (χ0n) is 15.4. The van der Waals surface area contributed by atoms with Crippen molar-refractivity contribution >= 4 is 17.5 Å². The van der Waals surface area contributed by atoms with Gasteiger partial charge in [0.05, 0.1) is 18.1 Å². The monoisotopic (exact) mass is 395 g/mol. The summed E-state index contributed by atoms with van der Waals surface area (Å²) in [6, 6.07) is 12.3. The number of pyridine rings is 1. The lowest BCUT2D eigenvalue weighted by molar-refractivity contribution is -0.142. The smallest absolute Gasteiger partial charge is 0.313 e. The summed E-state index contributed by atoms with van der Waals surface area (Å²) in [5.41, 5.74) is 0.372. The zero-order valence-corrected chi connectivity index (χ0v) is 15.4. The van der Waals surface area contributed by atoms with Crippen molar-refractivity contribution in [1.82, 2.24) is 9.88 Å². The highest BCUT2D eigenvalue weighted by Crippen LogP contribution is 2.27. The molecule has 1 aromatic carbocycles. The molecule has 1 fully saturated rings. The number of hydrogen-bond donors (Lipinski definition) is 1. The van der Waals surface area contributed by atoms with Crippen LogP contribution in [0.3, 0.4) is 0 Å². The summed E-state index contributed by atoms with van der Waals surface area (Å²) in [6.07, 6.45) is 3.74. The number of aromatic nitrogens is 1. The number of carbonyl (C=O) groups is 2. The number of likely N-dealkylation sites (tertiary alicyclic amines) is 1. The summed E-state index contributed by atoms with van der Waals surface area (Å²) in [6.45, 7) is 0.947. The molecule has 1 saturated heterocycles. The van der Waals surface area contributed by atoms with Gasteiger partial charge in [-0.2, -0.15) is 0 Å². The Bertz CT molecular complexity index is 988. The Morgan fingerprint density at radius 3 is 2.69 bits per heavy atom. The van der Waals surface area contributed by atoms with Gasteiger partial charge in [0.2, 0.25) is 5.88 Å². The van der Waals surface area contributed by atoms with Crippen LogP contribution in [0, 0.1) is 5.82 Å². The van der Waals surface area contributed by atoms with Crippen molar-refractivity contribution < 1.29 is 23.1 Å². The summed E-state index contributed by atoms with van der Waals surface area (Å²) in [5, 5.41) is 2.55. The van der Waals surface area contributed by atoms with Crippen LogP contribution in [-0.4, -0.2) is 34.8 Å². The SMILES string of the molecule is O=C(Nc1ccc(Oc2ccc(F)cc2)nc1)C(=O)N1CCC(c2ccco2)C1. The van der Waals surface area contributed by atoms with E-state index in [-0.39, 0.29) is 17.6 Å². The molecule has 0 saturated carbocycles. The molecule has 0 bridgehead atoms. The maximum atomic E-state index is 12.9. The van der Waals surface area contributed by atoms with Crippen LogP contribution in [0.25, 0.3) is 0 Å². The minimum atomic E-state index is -0.723. The molecule has 1 N–H and O–H groups in total. The average Bonchev–Trinajstić information content (AvgIpc) is 3.42. The highest BCUT2D eigenvalue weighted by molar-refractivity contribution is 6.39. The van der Waals surface area contributed by atoms with Crippen molar-refractivity contribution in [3.05, 3.63) is 72.6 Å². The Morgan fingerprint density at radius 2 is 2.00 bits per heavy atom. The van der Waals surface area contributed by atoms with Crippen LogP contribution < -0.4 is 10.1 Å². The molecule has 2 aromatic heterocycles. The van der Waals surface area contributed by atoms with Gasteiger partial charge in [0.1, 0.15) is 17.3 Å². The average molecular weight is 395 g/mol. The lowest BCUT2D eigenvalue weighted by Gasteiger charge is -2.15. The fourth-order valence-electron chi connectivity index (χ4n) is 3.17. The van der Waals surface area contributed by atoms with Crippen LogP contribution in [0.1, 0.15) is 18.1 Å². The first-order valence-corrected chi connectivity index (χ1v) is 9.11. The van der Waals surface area contributed by atoms with E-state index in [2.05, 4.69) is 10.3 Å². The van der Waals surface area contributed by atoms with Crippen molar-refractivity contribution in [1.29, 1.82) is 0 Å². The van der Waals surface area contributed by atoms with E-state index >= 15 is 0 Å². The second-order valence-corrected chi connectivity index (χ2v) is 6.65. The van der Waals surface area contributed by atoms with Crippen molar-refractivity contribution in [2.24, 2.45) is 0 Å². The first-order chi connectivity index (χ1) is 14.1. The molecule has 0 radical (unpaired) electrons. The topological polar surface area (TPSA) is 84.7 Å². The van der Waals surface area contributed by atoms with Crippen LogP contribution in [0.4, 0.5) is 10.1 Å². The maximum absolute atomic E-state index is 12.9. The normalized spacial score (nSPS) is 15.9. The standard InChI is InChI=1S/C21H18FN3O4/c22-15-3-6-17(7-4-15)29-19-8-5-16(12-23-19)24-20(26)21(27)25-10-9-14(13-25)18-2-1-11-28-18/h1-8,11-12,14H,9-10,13H2,(H,24,26). The lowest BCUT2D eigenvalue weighted by atomic mass is 10.1. The molecule has 1 aliphatic rings. The van der Waals surface area contributed by atoms with E-state index in [1.807, 2.05) is 12.1 Å². The molecule has 148 valence electrons.